The molecule has 184 valence electrons. The summed E-state index contributed by atoms with van der Waals surface area (Å²) < 4.78 is 50.6. The van der Waals surface area contributed by atoms with Crippen LogP contribution < -0.4 is 18.9 Å². The third kappa shape index (κ3) is 5.01. The number of hydrogen-bond acceptors (Lipinski definition) is 6. The van der Waals surface area contributed by atoms with E-state index >= 15 is 0 Å². The number of carbonyl (C=O) groups excluding carboxylic acids is 2. The van der Waals surface area contributed by atoms with Crippen LogP contribution in [0.25, 0.3) is 10.6 Å². The Bertz CT molecular complexity index is 1300. The summed E-state index contributed by atoms with van der Waals surface area (Å²) in [6.07, 6.45) is -3.98. The highest BCUT2D eigenvalue weighted by atomic mass is 32.1. The number of pyridine rings is 1. The lowest BCUT2D eigenvalue weighted by molar-refractivity contribution is -0.575. The maximum Gasteiger partial charge on any atom is 0.521 e. The standard InChI is InChI=1S/C24H22F3N2O5S/c1-23(2,32)13-34-17-8-7-15(11-18(17)33-3)29-12-14-10-19(35-20(14)21(29)30)16-6-4-5-9-28(16)22(31)24(25,26)27/h4-11,32H,12-13H2,1-3H3/q+1. The number of ether oxygens (including phenoxy) is 2. The molecule has 1 aliphatic heterocycles. The number of methoxy groups -OCH3 is 1. The van der Waals surface area contributed by atoms with E-state index in [1.54, 1.807) is 38.1 Å². The molecule has 0 fully saturated rings. The zero-order valence-electron chi connectivity index (χ0n) is 19.0. The Hall–Kier alpha value is -3.44. The first-order valence-electron chi connectivity index (χ1n) is 10.5. The molecule has 1 aromatic carbocycles. The van der Waals surface area contributed by atoms with Gasteiger partial charge < -0.3 is 19.5 Å². The minimum Gasteiger partial charge on any atom is -0.493 e. The first-order valence-corrected chi connectivity index (χ1v) is 11.3. The number of halogens is 3. The first kappa shape index (κ1) is 24.7. The predicted molar refractivity (Wildman–Crippen MR) is 122 cm³/mol. The molecular weight excluding hydrogens is 485 g/mol. The summed E-state index contributed by atoms with van der Waals surface area (Å²) in [6, 6.07) is 10.9. The van der Waals surface area contributed by atoms with Gasteiger partial charge in [-0.15, -0.1) is 15.9 Å². The summed E-state index contributed by atoms with van der Waals surface area (Å²) in [7, 11) is 1.46. The number of rotatable bonds is 6. The van der Waals surface area contributed by atoms with Crippen LogP contribution in [-0.2, 0) is 6.54 Å². The number of benzene rings is 1. The second-order valence-corrected chi connectivity index (χ2v) is 9.60. The van der Waals surface area contributed by atoms with Crippen molar-refractivity contribution in [1.29, 1.82) is 0 Å². The van der Waals surface area contributed by atoms with Crippen molar-refractivity contribution in [3.05, 3.63) is 59.1 Å². The largest absolute Gasteiger partial charge is 0.521 e. The van der Waals surface area contributed by atoms with Gasteiger partial charge in [0, 0.05) is 23.9 Å². The number of amides is 1. The van der Waals surface area contributed by atoms with Gasteiger partial charge in [-0.25, -0.2) is 4.79 Å². The van der Waals surface area contributed by atoms with E-state index in [0.717, 1.165) is 17.5 Å². The second-order valence-electron chi connectivity index (χ2n) is 8.55. The molecule has 0 unspecified atom stereocenters. The van der Waals surface area contributed by atoms with E-state index in [9.17, 15) is 27.9 Å². The molecule has 0 saturated carbocycles. The topological polar surface area (TPSA) is 80.0 Å². The van der Waals surface area contributed by atoms with E-state index in [1.807, 2.05) is 0 Å². The smallest absolute Gasteiger partial charge is 0.493 e. The molecule has 0 bridgehead atoms. The molecule has 4 rings (SSSR count). The minimum atomic E-state index is -5.03. The van der Waals surface area contributed by atoms with E-state index in [1.165, 1.54) is 30.2 Å². The van der Waals surface area contributed by atoms with E-state index in [0.29, 0.717) is 37.1 Å². The fourth-order valence-corrected chi connectivity index (χ4v) is 4.73. The number of hydrogen-bond donors (Lipinski definition) is 1. The quantitative estimate of drug-likeness (QED) is 0.506. The SMILES string of the molecule is COc1cc(N2Cc3cc(-c4cccc[n+]4C(=O)C(F)(F)F)sc3C2=O)ccc1OCC(C)(C)O. The molecule has 0 saturated heterocycles. The van der Waals surface area contributed by atoms with Crippen molar-refractivity contribution in [3.63, 3.8) is 0 Å². The van der Waals surface area contributed by atoms with Crippen LogP contribution in [0.2, 0.25) is 0 Å². The summed E-state index contributed by atoms with van der Waals surface area (Å²) >= 11 is 1.03. The van der Waals surface area contributed by atoms with Gasteiger partial charge in [0.1, 0.15) is 11.5 Å². The van der Waals surface area contributed by atoms with Crippen molar-refractivity contribution in [3.8, 4) is 22.1 Å². The van der Waals surface area contributed by atoms with E-state index in [2.05, 4.69) is 0 Å². The summed E-state index contributed by atoms with van der Waals surface area (Å²) in [5.74, 6) is -1.53. The molecule has 0 atom stereocenters. The highest BCUT2D eigenvalue weighted by Gasteiger charge is 2.49. The molecule has 1 amide bonds. The number of anilines is 1. The van der Waals surface area contributed by atoms with Gasteiger partial charge >= 0.3 is 12.1 Å². The van der Waals surface area contributed by atoms with Crippen LogP contribution in [-0.4, -0.2) is 42.4 Å². The van der Waals surface area contributed by atoms with Gasteiger partial charge in [0.2, 0.25) is 5.69 Å². The Morgan fingerprint density at radius 1 is 1.17 bits per heavy atom. The molecule has 3 heterocycles. The van der Waals surface area contributed by atoms with Crippen LogP contribution in [0.4, 0.5) is 18.9 Å². The van der Waals surface area contributed by atoms with E-state index < -0.39 is 17.7 Å². The van der Waals surface area contributed by atoms with Crippen molar-refractivity contribution in [2.24, 2.45) is 0 Å². The molecule has 1 N–H and O–H groups in total. The molecule has 7 nitrogen and oxygen atoms in total. The average molecular weight is 508 g/mol. The lowest BCUT2D eigenvalue weighted by Gasteiger charge is -2.21. The Morgan fingerprint density at radius 2 is 1.91 bits per heavy atom. The van der Waals surface area contributed by atoms with Crippen LogP contribution in [0.1, 0.15) is 33.9 Å². The summed E-state index contributed by atoms with van der Waals surface area (Å²) in [4.78, 5) is 27.3. The van der Waals surface area contributed by atoms with Crippen molar-refractivity contribution < 1.29 is 41.9 Å². The van der Waals surface area contributed by atoms with E-state index in [-0.39, 0.29) is 24.8 Å². The van der Waals surface area contributed by atoms with Gasteiger partial charge in [0.25, 0.3) is 5.91 Å². The molecule has 0 radical (unpaired) electrons. The van der Waals surface area contributed by atoms with Gasteiger partial charge in [-0.2, -0.15) is 13.2 Å². The Kier molecular flexibility index (Phi) is 6.32. The number of aromatic nitrogens is 1. The van der Waals surface area contributed by atoms with Gasteiger partial charge in [0.05, 0.1) is 24.1 Å². The molecular formula is C24H22F3N2O5S+. The Balaban J connectivity index is 1.60. The number of aliphatic hydroxyl groups is 1. The lowest BCUT2D eigenvalue weighted by atomic mass is 10.2. The normalized spacial score (nSPS) is 13.7. The third-order valence-corrected chi connectivity index (χ3v) is 6.38. The monoisotopic (exact) mass is 507 g/mol. The minimum absolute atomic E-state index is 0.0434. The van der Waals surface area contributed by atoms with Crippen molar-refractivity contribution in [2.45, 2.75) is 32.2 Å². The second kappa shape index (κ2) is 8.97. The third-order valence-electron chi connectivity index (χ3n) is 5.19. The van der Waals surface area contributed by atoms with Gasteiger partial charge in [-0.1, -0.05) is 0 Å². The number of thiophene rings is 1. The fraction of sp³-hybridized carbons (Fsp3) is 0.292. The highest BCUT2D eigenvalue weighted by molar-refractivity contribution is 7.17. The maximum atomic E-state index is 13.1. The zero-order chi connectivity index (χ0) is 25.5. The average Bonchev–Trinajstić information content (AvgIpc) is 3.35. The van der Waals surface area contributed by atoms with Gasteiger partial charge in [-0.05, 0) is 43.7 Å². The van der Waals surface area contributed by atoms with Crippen LogP contribution in [0.5, 0.6) is 11.5 Å². The Labute approximate surface area is 202 Å². The maximum absolute atomic E-state index is 13.1. The molecule has 11 heteroatoms. The molecule has 0 spiro atoms. The van der Waals surface area contributed by atoms with Crippen molar-refractivity contribution in [2.75, 3.05) is 18.6 Å². The molecule has 3 aromatic rings. The van der Waals surface area contributed by atoms with Crippen LogP contribution in [0, 0.1) is 0 Å². The van der Waals surface area contributed by atoms with E-state index in [4.69, 9.17) is 9.47 Å². The number of fused-ring (bicyclic) bond motifs is 1. The summed E-state index contributed by atoms with van der Waals surface area (Å²) in [5.41, 5.74) is 0.214. The van der Waals surface area contributed by atoms with Crippen LogP contribution >= 0.6 is 11.3 Å². The molecule has 0 aliphatic carbocycles. The number of carbonyl (C=O) groups is 2. The van der Waals surface area contributed by atoms with Gasteiger partial charge in [-0.3, -0.25) is 4.79 Å². The number of nitrogens with zero attached hydrogens (tertiary/aromatic N) is 2. The molecule has 2 aromatic heterocycles. The Morgan fingerprint density at radius 3 is 2.54 bits per heavy atom. The lowest BCUT2D eigenvalue weighted by Crippen LogP contribution is -2.51. The van der Waals surface area contributed by atoms with Crippen molar-refractivity contribution >= 4 is 28.8 Å². The summed E-state index contributed by atoms with van der Waals surface area (Å²) in [6.45, 7) is 3.47. The molecule has 1 aliphatic rings. The number of alkyl halides is 3. The highest BCUT2D eigenvalue weighted by Crippen LogP contribution is 2.40. The first-order chi connectivity index (χ1) is 16.4. The zero-order valence-corrected chi connectivity index (χ0v) is 19.9. The van der Waals surface area contributed by atoms with Crippen molar-refractivity contribution in [1.82, 2.24) is 0 Å². The summed E-state index contributed by atoms with van der Waals surface area (Å²) in [5, 5.41) is 9.88. The predicted octanol–water partition coefficient (Wildman–Crippen LogP) is 4.22. The molecule has 35 heavy (non-hydrogen) atoms. The van der Waals surface area contributed by atoms with Crippen LogP contribution in [0.3, 0.4) is 0 Å². The van der Waals surface area contributed by atoms with Crippen LogP contribution in [0.15, 0.2) is 48.7 Å². The van der Waals surface area contributed by atoms with Gasteiger partial charge in [0.15, 0.2) is 17.7 Å². The fourth-order valence-electron chi connectivity index (χ4n) is 3.58.